The summed E-state index contributed by atoms with van der Waals surface area (Å²) in [5.41, 5.74) is 4.13. The summed E-state index contributed by atoms with van der Waals surface area (Å²) in [5, 5.41) is 15.3. The van der Waals surface area contributed by atoms with Crippen LogP contribution in [0.15, 0.2) is 72.8 Å². The number of hydrogen-bond donors (Lipinski definition) is 3. The Hall–Kier alpha value is -3.93. The molecule has 0 radical (unpaired) electrons. The maximum atomic E-state index is 13.2. The number of halogens is 1. The number of carbonyl (C=O) groups excluding carboxylic acids is 1. The van der Waals surface area contributed by atoms with Gasteiger partial charge in [-0.25, -0.2) is 9.18 Å². The highest BCUT2D eigenvalue weighted by molar-refractivity contribution is 6.24. The van der Waals surface area contributed by atoms with Crippen molar-refractivity contribution in [2.75, 3.05) is 5.32 Å². The van der Waals surface area contributed by atoms with Crippen LogP contribution < -0.4 is 10.6 Å². The summed E-state index contributed by atoms with van der Waals surface area (Å²) in [5.74, 6) is -1.41. The zero-order chi connectivity index (χ0) is 22.5. The summed E-state index contributed by atoms with van der Waals surface area (Å²) in [6.45, 7) is 0.541. The van der Waals surface area contributed by atoms with Crippen LogP contribution in [0.1, 0.15) is 39.9 Å². The fraction of sp³-hybridized carbons (Fsp3) is 0.154. The first-order valence-electron chi connectivity index (χ1n) is 10.4. The molecular formula is C26H23FN2O3. The second-order valence-electron chi connectivity index (χ2n) is 7.79. The highest BCUT2D eigenvalue weighted by Crippen LogP contribution is 2.25. The lowest BCUT2D eigenvalue weighted by atomic mass is 10.0. The first-order valence-corrected chi connectivity index (χ1v) is 10.4. The summed E-state index contributed by atoms with van der Waals surface area (Å²) in [4.78, 5) is 23.8. The van der Waals surface area contributed by atoms with E-state index in [1.54, 1.807) is 42.5 Å². The third-order valence-electron chi connectivity index (χ3n) is 5.23. The summed E-state index contributed by atoms with van der Waals surface area (Å²) in [6, 6.07) is 20.5. The van der Waals surface area contributed by atoms with E-state index < -0.39 is 5.97 Å². The number of benzene rings is 3. The first kappa shape index (κ1) is 21.3. The van der Waals surface area contributed by atoms with Crippen molar-refractivity contribution in [3.63, 3.8) is 0 Å². The zero-order valence-electron chi connectivity index (χ0n) is 17.3. The highest BCUT2D eigenvalue weighted by atomic mass is 19.1. The Morgan fingerprint density at radius 2 is 1.53 bits per heavy atom. The number of nitrogens with one attached hydrogen (secondary N) is 2. The van der Waals surface area contributed by atoms with Crippen LogP contribution in [-0.2, 0) is 11.3 Å². The number of anilines is 1. The minimum atomic E-state index is -0.949. The topological polar surface area (TPSA) is 78.4 Å². The zero-order valence-corrected chi connectivity index (χ0v) is 17.3. The first-order chi connectivity index (χ1) is 15.5. The second kappa shape index (κ2) is 9.47. The maximum absolute atomic E-state index is 13.2. The molecule has 3 aromatic carbocycles. The molecule has 1 aliphatic carbocycles. The lowest BCUT2D eigenvalue weighted by Crippen LogP contribution is -2.26. The van der Waals surface area contributed by atoms with Gasteiger partial charge in [-0.1, -0.05) is 36.4 Å². The van der Waals surface area contributed by atoms with E-state index >= 15 is 0 Å². The summed E-state index contributed by atoms with van der Waals surface area (Å²) >= 11 is 0. The Bertz CT molecular complexity index is 1130. The van der Waals surface area contributed by atoms with E-state index in [9.17, 15) is 14.0 Å². The molecule has 3 aromatic rings. The summed E-state index contributed by atoms with van der Waals surface area (Å²) < 4.78 is 13.2. The van der Waals surface area contributed by atoms with Gasteiger partial charge in [-0.3, -0.25) is 4.79 Å². The molecule has 0 bridgehead atoms. The number of hydrogen-bond acceptors (Lipinski definition) is 3. The average molecular weight is 430 g/mol. The van der Waals surface area contributed by atoms with Crippen LogP contribution in [-0.4, -0.2) is 23.0 Å². The molecule has 3 N–H and O–H groups in total. The van der Waals surface area contributed by atoms with Gasteiger partial charge in [-0.05, 0) is 72.0 Å². The van der Waals surface area contributed by atoms with Gasteiger partial charge in [0, 0.05) is 23.8 Å². The van der Waals surface area contributed by atoms with Gasteiger partial charge in [0.1, 0.15) is 5.82 Å². The van der Waals surface area contributed by atoms with E-state index in [4.69, 9.17) is 5.11 Å². The van der Waals surface area contributed by atoms with Crippen molar-refractivity contribution in [2.24, 2.45) is 0 Å². The van der Waals surface area contributed by atoms with Crippen LogP contribution in [0.5, 0.6) is 0 Å². The van der Waals surface area contributed by atoms with Gasteiger partial charge in [0.25, 0.3) is 5.91 Å². The maximum Gasteiger partial charge on any atom is 0.335 e. The molecule has 0 aliphatic heterocycles. The molecule has 1 fully saturated rings. The number of aromatic carboxylic acids is 1. The van der Waals surface area contributed by atoms with E-state index in [1.165, 1.54) is 12.1 Å². The van der Waals surface area contributed by atoms with Crippen LogP contribution in [0.25, 0.3) is 11.6 Å². The van der Waals surface area contributed by atoms with Gasteiger partial charge in [0.05, 0.1) is 5.56 Å². The molecular weight excluding hydrogens is 407 g/mol. The number of carbonyl (C=O) groups is 2. The molecule has 4 rings (SSSR count). The predicted molar refractivity (Wildman–Crippen MR) is 123 cm³/mol. The lowest BCUT2D eigenvalue weighted by molar-refractivity contribution is -0.115. The van der Waals surface area contributed by atoms with Crippen molar-refractivity contribution in [1.29, 1.82) is 0 Å². The molecule has 6 heteroatoms. The van der Waals surface area contributed by atoms with Crippen LogP contribution in [0.2, 0.25) is 0 Å². The molecule has 0 heterocycles. The number of carboxylic acid groups (broad SMARTS) is 1. The third-order valence-corrected chi connectivity index (χ3v) is 5.23. The Labute approximate surface area is 185 Å². The quantitative estimate of drug-likeness (QED) is 0.349. The molecule has 1 saturated carbocycles. The minimum Gasteiger partial charge on any atom is -0.478 e. The minimum absolute atomic E-state index is 0.143. The van der Waals surface area contributed by atoms with Crippen molar-refractivity contribution >= 4 is 29.2 Å². The number of amides is 1. The van der Waals surface area contributed by atoms with Crippen molar-refractivity contribution in [1.82, 2.24) is 5.32 Å². The SMILES string of the molecule is O=C(NC1CC1)C(=Cc1ccc(F)cc1)c1ccc(NCc2ccc(C(=O)O)cc2)cc1. The Balaban J connectivity index is 1.48. The van der Waals surface area contributed by atoms with Gasteiger partial charge < -0.3 is 15.7 Å². The monoisotopic (exact) mass is 430 g/mol. The van der Waals surface area contributed by atoms with Crippen LogP contribution in [0, 0.1) is 5.82 Å². The van der Waals surface area contributed by atoms with Gasteiger partial charge >= 0.3 is 5.97 Å². The normalized spacial score (nSPS) is 13.5. The molecule has 0 saturated heterocycles. The van der Waals surface area contributed by atoms with Crippen molar-refractivity contribution < 1.29 is 19.1 Å². The smallest absolute Gasteiger partial charge is 0.335 e. The van der Waals surface area contributed by atoms with E-state index in [0.717, 1.165) is 35.2 Å². The van der Waals surface area contributed by atoms with Crippen LogP contribution in [0.3, 0.4) is 0 Å². The molecule has 162 valence electrons. The highest BCUT2D eigenvalue weighted by Gasteiger charge is 2.25. The van der Waals surface area contributed by atoms with E-state index in [2.05, 4.69) is 10.6 Å². The molecule has 0 unspecified atom stereocenters. The second-order valence-corrected chi connectivity index (χ2v) is 7.79. The Morgan fingerprint density at radius 1 is 0.906 bits per heavy atom. The van der Waals surface area contributed by atoms with E-state index in [0.29, 0.717) is 12.1 Å². The molecule has 1 aliphatic rings. The van der Waals surface area contributed by atoms with Crippen LogP contribution in [0.4, 0.5) is 10.1 Å². The largest absolute Gasteiger partial charge is 0.478 e. The molecule has 0 aromatic heterocycles. The van der Waals surface area contributed by atoms with Gasteiger partial charge in [-0.2, -0.15) is 0 Å². The van der Waals surface area contributed by atoms with Crippen molar-refractivity contribution in [3.8, 4) is 0 Å². The predicted octanol–water partition coefficient (Wildman–Crippen LogP) is 4.96. The van der Waals surface area contributed by atoms with E-state index in [-0.39, 0.29) is 23.3 Å². The van der Waals surface area contributed by atoms with Crippen LogP contribution >= 0.6 is 0 Å². The summed E-state index contributed by atoms with van der Waals surface area (Å²) in [6.07, 6.45) is 3.75. The Morgan fingerprint density at radius 3 is 2.12 bits per heavy atom. The van der Waals surface area contributed by atoms with Gasteiger partial charge in [0.2, 0.25) is 0 Å². The van der Waals surface area contributed by atoms with Crippen molar-refractivity contribution in [2.45, 2.75) is 25.4 Å². The fourth-order valence-electron chi connectivity index (χ4n) is 3.23. The standard InChI is InChI=1S/C26H23FN2O3/c27-21-9-3-17(4-10-21)15-24(25(30)29-23-13-14-23)19-7-11-22(12-8-19)28-16-18-1-5-20(6-2-18)26(31)32/h1-12,15,23,28H,13-14,16H2,(H,29,30)(H,31,32). The molecule has 5 nitrogen and oxygen atoms in total. The number of carboxylic acids is 1. The lowest BCUT2D eigenvalue weighted by Gasteiger charge is -2.11. The van der Waals surface area contributed by atoms with Gasteiger partial charge in [-0.15, -0.1) is 0 Å². The fourth-order valence-corrected chi connectivity index (χ4v) is 3.23. The molecule has 0 spiro atoms. The Kier molecular flexibility index (Phi) is 6.31. The van der Waals surface area contributed by atoms with Gasteiger partial charge in [0.15, 0.2) is 0 Å². The van der Waals surface area contributed by atoms with Crippen molar-refractivity contribution in [3.05, 3.63) is 101 Å². The average Bonchev–Trinajstić information content (AvgIpc) is 3.62. The molecule has 0 atom stereocenters. The molecule has 1 amide bonds. The molecule has 32 heavy (non-hydrogen) atoms. The third kappa shape index (κ3) is 5.60. The van der Waals surface area contributed by atoms with E-state index in [1.807, 2.05) is 24.3 Å². The number of rotatable bonds is 8. The summed E-state index contributed by atoms with van der Waals surface area (Å²) in [7, 11) is 0.